The summed E-state index contributed by atoms with van der Waals surface area (Å²) in [6.45, 7) is 2.87. The summed E-state index contributed by atoms with van der Waals surface area (Å²) in [5.74, 6) is -1.46. The third-order valence-corrected chi connectivity index (χ3v) is 9.23. The van der Waals surface area contributed by atoms with Gasteiger partial charge in [-0.2, -0.15) is 0 Å². The average Bonchev–Trinajstić information content (AvgIpc) is 2.92. The molecule has 0 fully saturated rings. The topological polar surface area (TPSA) is 266 Å². The van der Waals surface area contributed by atoms with Crippen molar-refractivity contribution >= 4 is 23.5 Å². The molecule has 10 N–H and O–H groups in total. The van der Waals surface area contributed by atoms with Gasteiger partial charge in [0.15, 0.2) is 0 Å². The smallest absolute Gasteiger partial charge is 0.396 e. The summed E-state index contributed by atoms with van der Waals surface area (Å²) in [6.07, 6.45) is 4.91. The Morgan fingerprint density at radius 1 is 0.535 bits per heavy atom. The molecule has 6 unspecified atom stereocenters. The monoisotopic (exact) mass is 687 g/mol. The zero-order valence-corrected chi connectivity index (χ0v) is 28.3. The summed E-state index contributed by atoms with van der Waals surface area (Å²) in [5.41, 5.74) is 16.6. The van der Waals surface area contributed by atoms with E-state index in [1.807, 2.05) is 0 Å². The molecule has 0 spiro atoms. The van der Waals surface area contributed by atoms with Crippen molar-refractivity contribution in [2.24, 2.45) is 35.0 Å². The summed E-state index contributed by atoms with van der Waals surface area (Å²) in [7, 11) is -13.4. The van der Waals surface area contributed by atoms with E-state index in [0.29, 0.717) is 64.6 Å². The first-order valence-corrected chi connectivity index (χ1v) is 19.3. The van der Waals surface area contributed by atoms with E-state index < -0.39 is 41.4 Å². The van der Waals surface area contributed by atoms with Crippen LogP contribution in [0, 0.1) is 17.8 Å². The average molecular weight is 688 g/mol. The normalized spacial score (nSPS) is 18.6. The third-order valence-electron chi connectivity index (χ3n) is 6.17. The standard InChI is InChI=1S/C24H56N3O13P3/c1-21(2)40-43(33,34)39-20-24(11-5-8-14-27)19-38-42(31,32)37-18-23(10-4-7-13-26)17-36-41(29,30)35-16-22(15-28)9-3-6-12-25/h21-24,28H,3-20,25-27H2,1-2H3,(H,29,30)(H,31,32)(H,33,34). The lowest BCUT2D eigenvalue weighted by molar-refractivity contribution is 0.0655. The zero-order valence-electron chi connectivity index (χ0n) is 25.6. The van der Waals surface area contributed by atoms with Crippen molar-refractivity contribution in [2.75, 3.05) is 59.3 Å². The Morgan fingerprint density at radius 3 is 1.14 bits per heavy atom. The SMILES string of the molecule is CC(C)OP(=O)(O)OCC(CCCCN)COP(=O)(O)OCC(CCCCN)COP(=O)(O)OCC(CO)CCCCN. The Hall–Kier alpha value is 0.170. The molecule has 0 aliphatic heterocycles. The van der Waals surface area contributed by atoms with E-state index in [-0.39, 0.29) is 45.6 Å². The molecule has 16 nitrogen and oxygen atoms in total. The number of unbranched alkanes of at least 4 members (excludes halogenated alkanes) is 3. The Bertz CT molecular complexity index is 844. The summed E-state index contributed by atoms with van der Waals surface area (Å²) in [4.78, 5) is 30.2. The van der Waals surface area contributed by atoms with Crippen molar-refractivity contribution in [2.45, 2.75) is 77.7 Å². The molecule has 0 heterocycles. The van der Waals surface area contributed by atoms with Gasteiger partial charge in [-0.25, -0.2) is 13.7 Å². The second-order valence-electron chi connectivity index (χ2n) is 10.7. The lowest BCUT2D eigenvalue weighted by Gasteiger charge is -2.23. The summed E-state index contributed by atoms with van der Waals surface area (Å²) >= 11 is 0. The minimum Gasteiger partial charge on any atom is -0.396 e. The molecule has 43 heavy (non-hydrogen) atoms. The second kappa shape index (κ2) is 24.4. The fourth-order valence-corrected chi connectivity index (χ4v) is 6.50. The number of nitrogens with two attached hydrogens (primary N) is 3. The van der Waals surface area contributed by atoms with Gasteiger partial charge in [0.1, 0.15) is 0 Å². The predicted molar refractivity (Wildman–Crippen MR) is 162 cm³/mol. The highest BCUT2D eigenvalue weighted by atomic mass is 31.2. The van der Waals surface area contributed by atoms with Crippen LogP contribution in [0.25, 0.3) is 0 Å². The molecule has 0 amide bonds. The second-order valence-corrected chi connectivity index (χ2v) is 15.0. The van der Waals surface area contributed by atoms with Crippen LogP contribution in [0.2, 0.25) is 0 Å². The first kappa shape index (κ1) is 43.2. The molecule has 0 aromatic rings. The van der Waals surface area contributed by atoms with Crippen LogP contribution in [0.4, 0.5) is 0 Å². The molecule has 0 saturated carbocycles. The number of aliphatic hydroxyl groups is 1. The minimum atomic E-state index is -4.60. The largest absolute Gasteiger partial charge is 0.472 e. The van der Waals surface area contributed by atoms with E-state index in [9.17, 15) is 33.5 Å². The van der Waals surface area contributed by atoms with E-state index in [4.69, 9.17) is 44.3 Å². The maximum atomic E-state index is 12.6. The van der Waals surface area contributed by atoms with Gasteiger partial charge in [0, 0.05) is 24.4 Å². The van der Waals surface area contributed by atoms with Crippen molar-refractivity contribution in [3.8, 4) is 0 Å². The van der Waals surface area contributed by atoms with E-state index in [0.717, 1.165) is 12.8 Å². The number of rotatable bonds is 30. The fraction of sp³-hybridized carbons (Fsp3) is 1.00. The van der Waals surface area contributed by atoms with Crippen LogP contribution < -0.4 is 17.2 Å². The van der Waals surface area contributed by atoms with Crippen molar-refractivity contribution in [1.82, 2.24) is 0 Å². The molecule has 0 aromatic carbocycles. The molecular formula is C24H56N3O13P3. The van der Waals surface area contributed by atoms with Gasteiger partial charge in [-0.1, -0.05) is 19.3 Å². The van der Waals surface area contributed by atoms with E-state index in [1.54, 1.807) is 13.8 Å². The Morgan fingerprint density at radius 2 is 0.837 bits per heavy atom. The predicted octanol–water partition coefficient (Wildman–Crippen LogP) is 3.02. The molecule has 0 saturated heterocycles. The lowest BCUT2D eigenvalue weighted by atomic mass is 10.0. The highest BCUT2D eigenvalue weighted by Gasteiger charge is 2.30. The van der Waals surface area contributed by atoms with Gasteiger partial charge < -0.3 is 37.0 Å². The molecule has 6 atom stereocenters. The van der Waals surface area contributed by atoms with Gasteiger partial charge in [0.05, 0.1) is 39.1 Å². The van der Waals surface area contributed by atoms with Crippen molar-refractivity contribution in [3.63, 3.8) is 0 Å². The molecule has 0 aromatic heterocycles. The Kier molecular flexibility index (Phi) is 24.5. The first-order chi connectivity index (χ1) is 20.2. The van der Waals surface area contributed by atoms with Crippen molar-refractivity contribution in [3.05, 3.63) is 0 Å². The molecule has 260 valence electrons. The fourth-order valence-electron chi connectivity index (χ4n) is 3.76. The van der Waals surface area contributed by atoms with Crippen LogP contribution in [0.15, 0.2) is 0 Å². The van der Waals surface area contributed by atoms with Crippen LogP contribution in [0.3, 0.4) is 0 Å². The molecule has 0 aliphatic carbocycles. The molecule has 19 heteroatoms. The molecular weight excluding hydrogens is 631 g/mol. The first-order valence-electron chi connectivity index (χ1n) is 14.8. The van der Waals surface area contributed by atoms with E-state index in [2.05, 4.69) is 0 Å². The highest BCUT2D eigenvalue weighted by molar-refractivity contribution is 7.47. The van der Waals surface area contributed by atoms with Crippen LogP contribution in [-0.4, -0.2) is 85.2 Å². The van der Waals surface area contributed by atoms with Gasteiger partial charge >= 0.3 is 23.5 Å². The van der Waals surface area contributed by atoms with Gasteiger partial charge in [-0.15, -0.1) is 0 Å². The summed E-state index contributed by atoms with van der Waals surface area (Å²) < 4.78 is 67.6. The number of phosphoric ester groups is 3. The maximum absolute atomic E-state index is 12.6. The van der Waals surface area contributed by atoms with Crippen LogP contribution >= 0.6 is 23.5 Å². The number of hydrogen-bond donors (Lipinski definition) is 7. The van der Waals surface area contributed by atoms with E-state index >= 15 is 0 Å². The highest BCUT2D eigenvalue weighted by Crippen LogP contribution is 2.48. The zero-order chi connectivity index (χ0) is 32.8. The lowest BCUT2D eigenvalue weighted by Crippen LogP contribution is -2.19. The Balaban J connectivity index is 5.04. The van der Waals surface area contributed by atoms with Gasteiger partial charge in [0.2, 0.25) is 0 Å². The van der Waals surface area contributed by atoms with Crippen molar-refractivity contribution in [1.29, 1.82) is 0 Å². The maximum Gasteiger partial charge on any atom is 0.472 e. The van der Waals surface area contributed by atoms with E-state index in [1.165, 1.54) is 0 Å². The summed E-state index contributed by atoms with van der Waals surface area (Å²) in [5, 5.41) is 9.48. The van der Waals surface area contributed by atoms with Crippen molar-refractivity contribution < 1.29 is 60.6 Å². The number of aliphatic hydroxyl groups excluding tert-OH is 1. The van der Waals surface area contributed by atoms with Crippen LogP contribution in [-0.2, 0) is 40.8 Å². The number of hydrogen-bond acceptors (Lipinski definition) is 13. The van der Waals surface area contributed by atoms with Gasteiger partial charge in [-0.05, 0) is 72.0 Å². The van der Waals surface area contributed by atoms with Crippen LogP contribution in [0.1, 0.15) is 71.6 Å². The molecule has 0 bridgehead atoms. The molecule has 0 aliphatic rings. The minimum absolute atomic E-state index is 0.186. The molecule has 0 radical (unpaired) electrons. The van der Waals surface area contributed by atoms with Gasteiger partial charge in [0.25, 0.3) is 0 Å². The quantitative estimate of drug-likeness (QED) is 0.0422. The molecule has 0 rings (SSSR count). The summed E-state index contributed by atoms with van der Waals surface area (Å²) in [6, 6.07) is 0. The Labute approximate surface area is 256 Å². The third kappa shape index (κ3) is 25.0. The van der Waals surface area contributed by atoms with Gasteiger partial charge in [-0.3, -0.25) is 27.1 Å². The van der Waals surface area contributed by atoms with Crippen LogP contribution in [0.5, 0.6) is 0 Å². The number of phosphoric acid groups is 3.